The molecular weight excluding hydrogens is 310 g/mol. The number of nitrogens with zero attached hydrogens (tertiary/aromatic N) is 1. The summed E-state index contributed by atoms with van der Waals surface area (Å²) in [6, 6.07) is 15.4. The zero-order valence-corrected chi connectivity index (χ0v) is 14.9. The number of anilines is 2. The molecule has 25 heavy (non-hydrogen) atoms. The molecule has 1 unspecified atom stereocenters. The van der Waals surface area contributed by atoms with E-state index >= 15 is 0 Å². The number of ether oxygens (including phenoxy) is 1. The summed E-state index contributed by atoms with van der Waals surface area (Å²) in [4.78, 5) is 14.7. The van der Waals surface area contributed by atoms with Crippen molar-refractivity contribution < 1.29 is 9.53 Å². The Hall–Kier alpha value is -2.81. The van der Waals surface area contributed by atoms with Crippen molar-refractivity contribution in [1.29, 1.82) is 0 Å². The lowest BCUT2D eigenvalue weighted by atomic mass is 10.0. The summed E-state index contributed by atoms with van der Waals surface area (Å²) >= 11 is 0. The molecule has 2 rings (SSSR count). The van der Waals surface area contributed by atoms with E-state index < -0.39 is 6.04 Å². The first-order chi connectivity index (χ1) is 12.2. The van der Waals surface area contributed by atoms with Crippen molar-refractivity contribution in [1.82, 2.24) is 0 Å². The summed E-state index contributed by atoms with van der Waals surface area (Å²) in [6.07, 6.45) is 4.23. The van der Waals surface area contributed by atoms with Crippen LogP contribution in [-0.4, -0.2) is 18.6 Å². The SMILES string of the molecule is C=Cc1ccccc1N(c1ccccc1C=C)C(CC)C(=O)OCC. The zero-order chi connectivity index (χ0) is 18.2. The van der Waals surface area contributed by atoms with Crippen LogP contribution in [0.4, 0.5) is 11.4 Å². The topological polar surface area (TPSA) is 29.5 Å². The second-order valence-corrected chi connectivity index (χ2v) is 5.57. The highest BCUT2D eigenvalue weighted by Crippen LogP contribution is 2.35. The quantitative estimate of drug-likeness (QED) is 0.601. The number of esters is 1. The molecule has 0 aromatic heterocycles. The van der Waals surface area contributed by atoms with Crippen LogP contribution in [-0.2, 0) is 9.53 Å². The average Bonchev–Trinajstić information content (AvgIpc) is 2.66. The van der Waals surface area contributed by atoms with Crippen molar-refractivity contribution >= 4 is 29.5 Å². The molecule has 0 saturated heterocycles. The number of hydrogen-bond acceptors (Lipinski definition) is 3. The minimum Gasteiger partial charge on any atom is -0.464 e. The van der Waals surface area contributed by atoms with Crippen molar-refractivity contribution in [2.75, 3.05) is 11.5 Å². The van der Waals surface area contributed by atoms with E-state index in [1.165, 1.54) is 0 Å². The normalized spacial score (nSPS) is 11.4. The van der Waals surface area contributed by atoms with E-state index in [-0.39, 0.29) is 5.97 Å². The third kappa shape index (κ3) is 4.00. The minimum absolute atomic E-state index is 0.234. The smallest absolute Gasteiger partial charge is 0.329 e. The van der Waals surface area contributed by atoms with Gasteiger partial charge in [0.25, 0.3) is 0 Å². The van der Waals surface area contributed by atoms with Crippen molar-refractivity contribution in [3.63, 3.8) is 0 Å². The van der Waals surface area contributed by atoms with E-state index in [4.69, 9.17) is 4.74 Å². The fourth-order valence-corrected chi connectivity index (χ4v) is 2.92. The van der Waals surface area contributed by atoms with Crippen molar-refractivity contribution in [2.24, 2.45) is 0 Å². The van der Waals surface area contributed by atoms with Gasteiger partial charge in [0, 0.05) is 11.4 Å². The van der Waals surface area contributed by atoms with Gasteiger partial charge in [-0.2, -0.15) is 0 Å². The van der Waals surface area contributed by atoms with Gasteiger partial charge in [-0.3, -0.25) is 0 Å². The van der Waals surface area contributed by atoms with E-state index in [0.29, 0.717) is 13.0 Å². The summed E-state index contributed by atoms with van der Waals surface area (Å²) < 4.78 is 5.33. The Labute approximate surface area is 150 Å². The number of carbonyl (C=O) groups excluding carboxylic acids is 1. The molecule has 0 heterocycles. The molecule has 0 aliphatic rings. The van der Waals surface area contributed by atoms with Gasteiger partial charge >= 0.3 is 5.97 Å². The van der Waals surface area contributed by atoms with E-state index in [0.717, 1.165) is 22.5 Å². The summed E-state index contributed by atoms with van der Waals surface area (Å²) in [5.41, 5.74) is 3.77. The summed E-state index contributed by atoms with van der Waals surface area (Å²) in [6.45, 7) is 12.0. The van der Waals surface area contributed by atoms with E-state index in [1.807, 2.05) is 67.3 Å². The molecule has 0 aliphatic carbocycles. The van der Waals surface area contributed by atoms with Crippen LogP contribution in [0.15, 0.2) is 61.7 Å². The number of carbonyl (C=O) groups is 1. The highest BCUT2D eigenvalue weighted by molar-refractivity contribution is 5.88. The van der Waals surface area contributed by atoms with Gasteiger partial charge in [-0.05, 0) is 36.6 Å². The Morgan fingerprint density at radius 3 is 1.88 bits per heavy atom. The predicted molar refractivity (Wildman–Crippen MR) is 106 cm³/mol. The summed E-state index contributed by atoms with van der Waals surface area (Å²) in [5.74, 6) is -0.234. The third-order valence-corrected chi connectivity index (χ3v) is 4.09. The van der Waals surface area contributed by atoms with Gasteiger partial charge in [0.05, 0.1) is 6.61 Å². The molecule has 0 spiro atoms. The Bertz CT molecular complexity index is 700. The van der Waals surface area contributed by atoms with Gasteiger partial charge in [0.15, 0.2) is 0 Å². The van der Waals surface area contributed by atoms with Gasteiger partial charge in [-0.15, -0.1) is 0 Å². The van der Waals surface area contributed by atoms with Crippen LogP contribution in [0.5, 0.6) is 0 Å². The van der Waals surface area contributed by atoms with Crippen LogP contribution in [0.1, 0.15) is 31.4 Å². The van der Waals surface area contributed by atoms with Crippen LogP contribution < -0.4 is 4.90 Å². The number of rotatable bonds is 8. The van der Waals surface area contributed by atoms with Crippen molar-refractivity contribution in [2.45, 2.75) is 26.3 Å². The third-order valence-electron chi connectivity index (χ3n) is 4.09. The van der Waals surface area contributed by atoms with Crippen LogP contribution >= 0.6 is 0 Å². The molecule has 0 aliphatic heterocycles. The monoisotopic (exact) mass is 335 g/mol. The fourth-order valence-electron chi connectivity index (χ4n) is 2.92. The maximum Gasteiger partial charge on any atom is 0.329 e. The molecule has 0 radical (unpaired) electrons. The highest BCUT2D eigenvalue weighted by atomic mass is 16.5. The Morgan fingerprint density at radius 1 is 1.00 bits per heavy atom. The molecule has 2 aromatic carbocycles. The first-order valence-corrected chi connectivity index (χ1v) is 8.56. The van der Waals surface area contributed by atoms with Crippen LogP contribution in [0, 0.1) is 0 Å². The number of hydrogen-bond donors (Lipinski definition) is 0. The minimum atomic E-state index is -0.429. The Balaban J connectivity index is 2.68. The Morgan fingerprint density at radius 2 is 1.48 bits per heavy atom. The lowest BCUT2D eigenvalue weighted by Gasteiger charge is -2.34. The molecule has 0 bridgehead atoms. The maximum absolute atomic E-state index is 12.6. The summed E-state index contributed by atoms with van der Waals surface area (Å²) in [5, 5.41) is 0. The average molecular weight is 335 g/mol. The number of para-hydroxylation sites is 2. The van der Waals surface area contributed by atoms with Crippen molar-refractivity contribution in [3.8, 4) is 0 Å². The van der Waals surface area contributed by atoms with Gasteiger partial charge in [0.1, 0.15) is 6.04 Å². The molecule has 3 heteroatoms. The molecule has 0 amide bonds. The molecule has 1 atom stereocenters. The van der Waals surface area contributed by atoms with Crippen LogP contribution in [0.3, 0.4) is 0 Å². The first kappa shape index (κ1) is 18.5. The second-order valence-electron chi connectivity index (χ2n) is 5.57. The van der Waals surface area contributed by atoms with Crippen LogP contribution in [0.2, 0.25) is 0 Å². The lowest BCUT2D eigenvalue weighted by Crippen LogP contribution is -2.39. The lowest BCUT2D eigenvalue weighted by molar-refractivity contribution is -0.144. The predicted octanol–water partition coefficient (Wildman–Crippen LogP) is 5.45. The standard InChI is InChI=1S/C22H25NO2/c1-5-17-13-9-11-15-20(17)23(19(7-3)22(24)25-8-4)21-16-12-10-14-18(21)6-2/h5-6,9-16,19H,1-2,7-8H2,3-4H3. The Kier molecular flexibility index (Phi) is 6.58. The van der Waals surface area contributed by atoms with Gasteiger partial charge in [-0.1, -0.05) is 68.6 Å². The van der Waals surface area contributed by atoms with E-state index in [9.17, 15) is 4.79 Å². The van der Waals surface area contributed by atoms with Crippen molar-refractivity contribution in [3.05, 3.63) is 72.8 Å². The van der Waals surface area contributed by atoms with Gasteiger partial charge in [0.2, 0.25) is 0 Å². The van der Waals surface area contributed by atoms with Gasteiger partial charge in [-0.25, -0.2) is 4.79 Å². The molecular formula is C22H25NO2. The fraction of sp³-hybridized carbons (Fsp3) is 0.227. The maximum atomic E-state index is 12.6. The highest BCUT2D eigenvalue weighted by Gasteiger charge is 2.29. The molecule has 0 fully saturated rings. The molecule has 3 nitrogen and oxygen atoms in total. The van der Waals surface area contributed by atoms with E-state index in [2.05, 4.69) is 13.2 Å². The molecule has 0 saturated carbocycles. The van der Waals surface area contributed by atoms with Crippen LogP contribution in [0.25, 0.3) is 12.2 Å². The molecule has 130 valence electrons. The molecule has 0 N–H and O–H groups in total. The molecule has 2 aromatic rings. The zero-order valence-electron chi connectivity index (χ0n) is 14.9. The van der Waals surface area contributed by atoms with E-state index in [1.54, 1.807) is 12.2 Å². The largest absolute Gasteiger partial charge is 0.464 e. The second kappa shape index (κ2) is 8.88. The summed E-state index contributed by atoms with van der Waals surface area (Å²) in [7, 11) is 0. The number of benzene rings is 2. The first-order valence-electron chi connectivity index (χ1n) is 8.56. The van der Waals surface area contributed by atoms with Gasteiger partial charge < -0.3 is 9.64 Å².